The molecule has 1 heterocycles. The molecule has 2 amide bonds. The minimum atomic E-state index is -0.670. The van der Waals surface area contributed by atoms with E-state index < -0.39 is 16.1 Å². The lowest BCUT2D eigenvalue weighted by Gasteiger charge is -2.09. The third-order valence-electron chi connectivity index (χ3n) is 4.09. The normalized spacial score (nSPS) is 17.1. The second kappa shape index (κ2) is 8.74. The monoisotopic (exact) mass is 414 g/mol. The summed E-state index contributed by atoms with van der Waals surface area (Å²) < 4.78 is 4.97. The van der Waals surface area contributed by atoms with Crippen LogP contribution in [0.1, 0.15) is 12.0 Å². The van der Waals surface area contributed by atoms with Gasteiger partial charge in [0.1, 0.15) is 16.7 Å². The summed E-state index contributed by atoms with van der Waals surface area (Å²) in [5, 5.41) is 16.1. The number of rotatable bonds is 6. The number of hydrogen-bond acceptors (Lipinski definition) is 7. The van der Waals surface area contributed by atoms with E-state index in [2.05, 4.69) is 15.6 Å². The van der Waals surface area contributed by atoms with Crippen molar-refractivity contribution in [2.75, 3.05) is 12.4 Å². The zero-order valence-corrected chi connectivity index (χ0v) is 16.5. The fourth-order valence-electron chi connectivity index (χ4n) is 2.59. The summed E-state index contributed by atoms with van der Waals surface area (Å²) >= 11 is 1.15. The first-order valence-corrected chi connectivity index (χ1v) is 9.49. The predicted molar refractivity (Wildman–Crippen MR) is 111 cm³/mol. The van der Waals surface area contributed by atoms with Crippen LogP contribution in [0.3, 0.4) is 0 Å². The fraction of sp³-hybridized carbons (Fsp3) is 0.211. The van der Waals surface area contributed by atoms with E-state index in [0.717, 1.165) is 17.3 Å². The number of nitrogens with one attached hydrogen (secondary N) is 2. The van der Waals surface area contributed by atoms with E-state index >= 15 is 0 Å². The number of nitro groups is 1. The number of methoxy groups -OCH3 is 1. The summed E-state index contributed by atoms with van der Waals surface area (Å²) in [5.74, 6) is -0.542. The number of carbonyl (C=O) groups is 2. The van der Waals surface area contributed by atoms with Crippen molar-refractivity contribution < 1.29 is 19.2 Å². The number of aliphatic imine (C=N–C) groups is 1. The van der Waals surface area contributed by atoms with Gasteiger partial charge in [-0.05, 0) is 31.2 Å². The molecule has 2 aromatic carbocycles. The van der Waals surface area contributed by atoms with Gasteiger partial charge in [0, 0.05) is 6.42 Å². The maximum absolute atomic E-state index is 12.3. The molecular weight excluding hydrogens is 396 g/mol. The molecule has 0 saturated carbocycles. The van der Waals surface area contributed by atoms with E-state index in [1.54, 1.807) is 0 Å². The molecule has 1 aliphatic heterocycles. The Kier molecular flexibility index (Phi) is 6.13. The van der Waals surface area contributed by atoms with Crippen molar-refractivity contribution in [3.05, 3.63) is 58.1 Å². The number of amidine groups is 1. The Bertz CT molecular complexity index is 991. The number of aryl methyl sites for hydroxylation is 1. The number of nitrogens with zero attached hydrogens (tertiary/aromatic N) is 2. The predicted octanol–water partition coefficient (Wildman–Crippen LogP) is 3.16. The van der Waals surface area contributed by atoms with Crippen LogP contribution in [0.4, 0.5) is 17.1 Å². The molecule has 0 aromatic heterocycles. The van der Waals surface area contributed by atoms with Crippen molar-refractivity contribution in [2.24, 2.45) is 4.99 Å². The first-order valence-electron chi connectivity index (χ1n) is 8.61. The van der Waals surface area contributed by atoms with Crippen molar-refractivity contribution in [1.82, 2.24) is 5.32 Å². The smallest absolute Gasteiger partial charge is 0.296 e. The van der Waals surface area contributed by atoms with Gasteiger partial charge in [0.25, 0.3) is 5.69 Å². The topological polar surface area (TPSA) is 123 Å². The third kappa shape index (κ3) is 5.11. The Morgan fingerprint density at radius 3 is 2.69 bits per heavy atom. The molecule has 29 heavy (non-hydrogen) atoms. The Labute approximate surface area is 170 Å². The SMILES string of the molecule is COc1ccc(NC(=O)C[C@H]2SC(=Nc3ccc(C)cc3)NC2=O)c([N+](=O)[O-])c1. The Hall–Kier alpha value is -3.40. The van der Waals surface area contributed by atoms with Crippen LogP contribution in [0.15, 0.2) is 47.5 Å². The minimum Gasteiger partial charge on any atom is -0.496 e. The second-order valence-corrected chi connectivity index (χ2v) is 7.43. The molecule has 1 saturated heterocycles. The number of nitro benzene ring substituents is 1. The van der Waals surface area contributed by atoms with Crippen LogP contribution in [-0.2, 0) is 9.59 Å². The van der Waals surface area contributed by atoms with Gasteiger partial charge in [0.15, 0.2) is 5.17 Å². The van der Waals surface area contributed by atoms with Crippen LogP contribution in [0.5, 0.6) is 5.75 Å². The Morgan fingerprint density at radius 2 is 2.03 bits per heavy atom. The Morgan fingerprint density at radius 1 is 1.31 bits per heavy atom. The fourth-order valence-corrected chi connectivity index (χ4v) is 3.58. The third-order valence-corrected chi connectivity index (χ3v) is 5.17. The highest BCUT2D eigenvalue weighted by atomic mass is 32.2. The van der Waals surface area contributed by atoms with E-state index in [1.165, 1.54) is 25.3 Å². The number of ether oxygens (including phenoxy) is 1. The molecule has 150 valence electrons. The summed E-state index contributed by atoms with van der Waals surface area (Å²) in [6.45, 7) is 1.96. The molecule has 2 aromatic rings. The molecule has 9 nitrogen and oxygen atoms in total. The molecule has 1 aliphatic rings. The van der Waals surface area contributed by atoms with Crippen molar-refractivity contribution in [1.29, 1.82) is 0 Å². The number of hydrogen-bond donors (Lipinski definition) is 2. The van der Waals surface area contributed by atoms with Crippen LogP contribution in [-0.4, -0.2) is 34.3 Å². The summed E-state index contributed by atoms with van der Waals surface area (Å²) in [7, 11) is 1.39. The molecule has 0 unspecified atom stereocenters. The Balaban J connectivity index is 1.66. The van der Waals surface area contributed by atoms with E-state index in [9.17, 15) is 19.7 Å². The van der Waals surface area contributed by atoms with Gasteiger partial charge in [0.05, 0.1) is 23.8 Å². The van der Waals surface area contributed by atoms with Gasteiger partial charge in [-0.3, -0.25) is 19.7 Å². The highest BCUT2D eigenvalue weighted by molar-refractivity contribution is 8.15. The molecule has 0 aliphatic carbocycles. The maximum Gasteiger partial charge on any atom is 0.296 e. The van der Waals surface area contributed by atoms with Gasteiger partial charge < -0.3 is 15.4 Å². The molecule has 1 fully saturated rings. The van der Waals surface area contributed by atoms with E-state index in [1.807, 2.05) is 31.2 Å². The molecular formula is C19H18N4O5S. The number of carbonyl (C=O) groups excluding carboxylic acids is 2. The zero-order valence-electron chi connectivity index (χ0n) is 15.7. The largest absolute Gasteiger partial charge is 0.496 e. The molecule has 0 bridgehead atoms. The van der Waals surface area contributed by atoms with Gasteiger partial charge in [-0.1, -0.05) is 29.5 Å². The first kappa shape index (κ1) is 20.3. The second-order valence-electron chi connectivity index (χ2n) is 6.24. The van der Waals surface area contributed by atoms with E-state index in [4.69, 9.17) is 4.74 Å². The molecule has 1 atom stereocenters. The first-order chi connectivity index (χ1) is 13.9. The molecule has 0 spiro atoms. The number of anilines is 1. The number of thioether (sulfide) groups is 1. The average Bonchev–Trinajstić information content (AvgIpc) is 3.02. The summed E-state index contributed by atoms with van der Waals surface area (Å²) in [5.41, 5.74) is 1.54. The van der Waals surface area contributed by atoms with Crippen molar-refractivity contribution in [3.63, 3.8) is 0 Å². The van der Waals surface area contributed by atoms with Gasteiger partial charge in [-0.15, -0.1) is 0 Å². The highest BCUT2D eigenvalue weighted by Gasteiger charge is 2.32. The molecule has 10 heteroatoms. The van der Waals surface area contributed by atoms with E-state index in [-0.39, 0.29) is 23.7 Å². The van der Waals surface area contributed by atoms with Crippen LogP contribution in [0.2, 0.25) is 0 Å². The van der Waals surface area contributed by atoms with Gasteiger partial charge in [0.2, 0.25) is 11.8 Å². The highest BCUT2D eigenvalue weighted by Crippen LogP contribution is 2.30. The molecule has 0 radical (unpaired) electrons. The minimum absolute atomic E-state index is 0.0396. The maximum atomic E-state index is 12.3. The van der Waals surface area contributed by atoms with E-state index in [0.29, 0.717) is 16.6 Å². The van der Waals surface area contributed by atoms with Gasteiger partial charge in [-0.25, -0.2) is 4.99 Å². The lowest BCUT2D eigenvalue weighted by molar-refractivity contribution is -0.384. The van der Waals surface area contributed by atoms with Crippen LogP contribution >= 0.6 is 11.8 Å². The number of benzene rings is 2. The average molecular weight is 414 g/mol. The number of amides is 2. The van der Waals surface area contributed by atoms with Gasteiger partial charge >= 0.3 is 0 Å². The summed E-state index contributed by atoms with van der Waals surface area (Å²) in [6, 6.07) is 11.6. The zero-order chi connectivity index (χ0) is 21.0. The summed E-state index contributed by atoms with van der Waals surface area (Å²) in [6.07, 6.45) is -0.146. The molecule has 2 N–H and O–H groups in total. The standard InChI is InChI=1S/C19H18N4O5S/c1-11-3-5-12(6-4-11)20-19-22-18(25)16(29-19)10-17(24)21-14-8-7-13(28-2)9-15(14)23(26)27/h3-9,16H,10H2,1-2H3,(H,21,24)(H,20,22,25)/t16-/m1/s1. The van der Waals surface area contributed by atoms with Crippen molar-refractivity contribution in [3.8, 4) is 5.75 Å². The van der Waals surface area contributed by atoms with Gasteiger partial charge in [-0.2, -0.15) is 0 Å². The van der Waals surface area contributed by atoms with Crippen molar-refractivity contribution >= 4 is 45.8 Å². The van der Waals surface area contributed by atoms with Crippen LogP contribution < -0.4 is 15.4 Å². The molecule has 3 rings (SSSR count). The lowest BCUT2D eigenvalue weighted by atomic mass is 10.2. The van der Waals surface area contributed by atoms with Crippen LogP contribution in [0.25, 0.3) is 0 Å². The lowest BCUT2D eigenvalue weighted by Crippen LogP contribution is -2.28. The quantitative estimate of drug-likeness (QED) is 0.553. The van der Waals surface area contributed by atoms with Crippen molar-refractivity contribution in [2.45, 2.75) is 18.6 Å². The summed E-state index contributed by atoms with van der Waals surface area (Å²) in [4.78, 5) is 39.5. The van der Waals surface area contributed by atoms with Crippen LogP contribution in [0, 0.1) is 17.0 Å².